The summed E-state index contributed by atoms with van der Waals surface area (Å²) >= 11 is 0. The van der Waals surface area contributed by atoms with Crippen LogP contribution in [0.2, 0.25) is 0 Å². The van der Waals surface area contributed by atoms with E-state index in [0.29, 0.717) is 11.5 Å². The molecule has 0 saturated carbocycles. The first-order valence-corrected chi connectivity index (χ1v) is 10.0. The molecule has 2 heterocycles. The molecule has 3 rings (SSSR count). The summed E-state index contributed by atoms with van der Waals surface area (Å²) in [6.45, 7) is 5.27. The summed E-state index contributed by atoms with van der Waals surface area (Å²) in [6, 6.07) is 11.5. The molecule has 2 N–H and O–H groups in total. The zero-order valence-corrected chi connectivity index (χ0v) is 16.1. The summed E-state index contributed by atoms with van der Waals surface area (Å²) < 4.78 is 0. The fraction of sp³-hybridized carbons (Fsp3) is 0.476. The van der Waals surface area contributed by atoms with Crippen LogP contribution in [-0.4, -0.2) is 35.7 Å². The summed E-state index contributed by atoms with van der Waals surface area (Å²) in [5.74, 6) is 0.458. The number of carbonyl (C=O) groups excluding carboxylic acids is 1. The largest absolute Gasteiger partial charge is 0.372 e. The van der Waals surface area contributed by atoms with Crippen molar-refractivity contribution in [1.29, 1.82) is 0 Å². The maximum atomic E-state index is 12.4. The molecule has 144 valence electrons. The van der Waals surface area contributed by atoms with Gasteiger partial charge in [-0.25, -0.2) is 0 Å². The molecule has 1 aliphatic heterocycles. The van der Waals surface area contributed by atoms with Crippen molar-refractivity contribution in [3.63, 3.8) is 0 Å². The minimum absolute atomic E-state index is 0.245. The van der Waals surface area contributed by atoms with Crippen molar-refractivity contribution in [2.75, 3.05) is 35.2 Å². The number of carbonyl (C=O) groups is 1. The van der Waals surface area contributed by atoms with Crippen LogP contribution >= 0.6 is 0 Å². The molecule has 0 atom stereocenters. The second-order valence-corrected chi connectivity index (χ2v) is 6.99. The van der Waals surface area contributed by atoms with Crippen LogP contribution in [0.5, 0.6) is 0 Å². The van der Waals surface area contributed by atoms with Gasteiger partial charge in [0.1, 0.15) is 5.82 Å². The highest BCUT2D eigenvalue weighted by Crippen LogP contribution is 2.22. The normalized spacial score (nSPS) is 14.0. The Kier molecular flexibility index (Phi) is 7.02. The van der Waals surface area contributed by atoms with E-state index >= 15 is 0 Å². The number of amides is 1. The lowest BCUT2D eigenvalue weighted by molar-refractivity contribution is 0.102. The third-order valence-electron chi connectivity index (χ3n) is 4.83. The smallest absolute Gasteiger partial charge is 0.276 e. The average molecular weight is 367 g/mol. The Morgan fingerprint density at radius 3 is 2.44 bits per heavy atom. The molecule has 2 aromatic rings. The summed E-state index contributed by atoms with van der Waals surface area (Å²) in [7, 11) is 0. The first-order valence-electron chi connectivity index (χ1n) is 10.0. The number of hydrogen-bond donors (Lipinski definition) is 2. The molecule has 6 heteroatoms. The van der Waals surface area contributed by atoms with Gasteiger partial charge < -0.3 is 15.5 Å². The third-order valence-corrected chi connectivity index (χ3v) is 4.83. The lowest BCUT2D eigenvalue weighted by Gasteiger charge is -2.28. The Hall–Kier alpha value is -2.63. The summed E-state index contributed by atoms with van der Waals surface area (Å²) in [5, 5.41) is 14.2. The van der Waals surface area contributed by atoms with Gasteiger partial charge in [0.2, 0.25) is 0 Å². The highest BCUT2D eigenvalue weighted by Gasteiger charge is 2.12. The van der Waals surface area contributed by atoms with Crippen LogP contribution in [-0.2, 0) is 0 Å². The fourth-order valence-electron chi connectivity index (χ4n) is 3.24. The Morgan fingerprint density at radius 1 is 1.00 bits per heavy atom. The number of anilines is 3. The van der Waals surface area contributed by atoms with Crippen molar-refractivity contribution >= 4 is 23.1 Å². The van der Waals surface area contributed by atoms with E-state index in [-0.39, 0.29) is 5.91 Å². The lowest BCUT2D eigenvalue weighted by atomic mass is 10.1. The molecule has 1 aromatic heterocycles. The van der Waals surface area contributed by atoms with E-state index in [0.717, 1.165) is 31.7 Å². The van der Waals surface area contributed by atoms with Crippen LogP contribution in [0.25, 0.3) is 0 Å². The molecule has 1 amide bonds. The molecule has 6 nitrogen and oxygen atoms in total. The molecule has 0 aliphatic carbocycles. The maximum Gasteiger partial charge on any atom is 0.276 e. The van der Waals surface area contributed by atoms with Crippen molar-refractivity contribution in [1.82, 2.24) is 10.2 Å². The SMILES string of the molecule is CCCCCNc1ccc(C(=O)Nc2ccc(N3CCCCC3)cc2)nn1. The van der Waals surface area contributed by atoms with E-state index in [1.165, 1.54) is 37.8 Å². The molecule has 0 bridgehead atoms. The zero-order chi connectivity index (χ0) is 18.9. The van der Waals surface area contributed by atoms with Crippen LogP contribution in [0.1, 0.15) is 55.9 Å². The van der Waals surface area contributed by atoms with Crippen LogP contribution in [0.3, 0.4) is 0 Å². The minimum atomic E-state index is -0.245. The first kappa shape index (κ1) is 19.1. The fourth-order valence-corrected chi connectivity index (χ4v) is 3.24. The van der Waals surface area contributed by atoms with E-state index in [1.54, 1.807) is 12.1 Å². The highest BCUT2D eigenvalue weighted by molar-refractivity contribution is 6.02. The van der Waals surface area contributed by atoms with E-state index in [4.69, 9.17) is 0 Å². The van der Waals surface area contributed by atoms with Gasteiger partial charge in [0.25, 0.3) is 5.91 Å². The predicted octanol–water partition coefficient (Wildman–Crippen LogP) is 4.32. The standard InChI is InChI=1S/C21H29N5O/c1-2-3-5-14-22-20-13-12-19(24-25-20)21(27)23-17-8-10-18(11-9-17)26-15-6-4-7-16-26/h8-13H,2-7,14-16H2,1H3,(H,22,25)(H,23,27). The molecular formula is C21H29N5O. The topological polar surface area (TPSA) is 70.2 Å². The molecule has 1 aromatic carbocycles. The number of unbranched alkanes of at least 4 members (excludes halogenated alkanes) is 2. The minimum Gasteiger partial charge on any atom is -0.372 e. The van der Waals surface area contributed by atoms with E-state index in [9.17, 15) is 4.79 Å². The molecule has 1 aliphatic rings. The van der Waals surface area contributed by atoms with Gasteiger partial charge in [-0.3, -0.25) is 4.79 Å². The Morgan fingerprint density at radius 2 is 1.78 bits per heavy atom. The van der Waals surface area contributed by atoms with Gasteiger partial charge in [-0.2, -0.15) is 0 Å². The molecule has 0 radical (unpaired) electrons. The second kappa shape index (κ2) is 9.90. The van der Waals surface area contributed by atoms with Crippen LogP contribution in [0.15, 0.2) is 36.4 Å². The number of rotatable bonds is 8. The first-order chi connectivity index (χ1) is 13.3. The Balaban J connectivity index is 1.52. The summed E-state index contributed by atoms with van der Waals surface area (Å²) in [6.07, 6.45) is 7.30. The van der Waals surface area contributed by atoms with Gasteiger partial charge in [0.05, 0.1) is 0 Å². The molecular weight excluding hydrogens is 338 g/mol. The van der Waals surface area contributed by atoms with Crippen molar-refractivity contribution in [3.8, 4) is 0 Å². The van der Waals surface area contributed by atoms with Crippen LogP contribution in [0, 0.1) is 0 Å². The van der Waals surface area contributed by atoms with Crippen molar-refractivity contribution in [2.45, 2.75) is 45.4 Å². The number of nitrogens with one attached hydrogen (secondary N) is 2. The van der Waals surface area contributed by atoms with Gasteiger partial charge >= 0.3 is 0 Å². The monoisotopic (exact) mass is 367 g/mol. The lowest BCUT2D eigenvalue weighted by Crippen LogP contribution is -2.29. The van der Waals surface area contributed by atoms with Crippen LogP contribution < -0.4 is 15.5 Å². The quantitative estimate of drug-likeness (QED) is 0.680. The third kappa shape index (κ3) is 5.67. The molecule has 0 unspecified atom stereocenters. The van der Waals surface area contributed by atoms with Crippen molar-refractivity contribution in [3.05, 3.63) is 42.1 Å². The number of piperidine rings is 1. The van der Waals surface area contributed by atoms with Gasteiger partial charge in [0.15, 0.2) is 5.69 Å². The molecule has 27 heavy (non-hydrogen) atoms. The highest BCUT2D eigenvalue weighted by atomic mass is 16.1. The average Bonchev–Trinajstić information content (AvgIpc) is 2.73. The van der Waals surface area contributed by atoms with E-state index in [1.807, 2.05) is 12.1 Å². The maximum absolute atomic E-state index is 12.4. The molecule has 0 spiro atoms. The zero-order valence-electron chi connectivity index (χ0n) is 16.1. The molecule has 1 saturated heterocycles. The van der Waals surface area contributed by atoms with Crippen molar-refractivity contribution in [2.24, 2.45) is 0 Å². The van der Waals surface area contributed by atoms with Gasteiger partial charge in [-0.1, -0.05) is 19.8 Å². The Bertz CT molecular complexity index is 708. The number of nitrogens with zero attached hydrogens (tertiary/aromatic N) is 3. The van der Waals surface area contributed by atoms with Gasteiger partial charge in [-0.05, 0) is 62.1 Å². The van der Waals surface area contributed by atoms with Gasteiger partial charge in [-0.15, -0.1) is 10.2 Å². The summed E-state index contributed by atoms with van der Waals surface area (Å²) in [4.78, 5) is 14.8. The van der Waals surface area contributed by atoms with Crippen LogP contribution in [0.4, 0.5) is 17.2 Å². The Labute approximate surface area is 161 Å². The number of hydrogen-bond acceptors (Lipinski definition) is 5. The molecule has 1 fully saturated rings. The van der Waals surface area contributed by atoms with Crippen molar-refractivity contribution < 1.29 is 4.79 Å². The number of aromatic nitrogens is 2. The predicted molar refractivity (Wildman–Crippen MR) is 111 cm³/mol. The second-order valence-electron chi connectivity index (χ2n) is 6.99. The van der Waals surface area contributed by atoms with Gasteiger partial charge in [0, 0.05) is 31.0 Å². The van der Waals surface area contributed by atoms with E-state index < -0.39 is 0 Å². The van der Waals surface area contributed by atoms with E-state index in [2.05, 4.69) is 44.8 Å². The summed E-state index contributed by atoms with van der Waals surface area (Å²) in [5.41, 5.74) is 2.30. The number of benzene rings is 1.